The van der Waals surface area contributed by atoms with Crippen LogP contribution < -0.4 is 10.1 Å². The van der Waals surface area contributed by atoms with Gasteiger partial charge >= 0.3 is 0 Å². The lowest BCUT2D eigenvalue weighted by Gasteiger charge is -2.31. The fraction of sp³-hybridized carbons (Fsp3) is 0.368. The third kappa shape index (κ3) is 2.68. The number of nitrogens with one attached hydrogen (secondary N) is 1. The van der Waals surface area contributed by atoms with Crippen molar-refractivity contribution in [3.05, 3.63) is 65.7 Å². The van der Waals surface area contributed by atoms with Crippen LogP contribution in [0.4, 0.5) is 0 Å². The first-order valence-corrected chi connectivity index (χ1v) is 7.71. The zero-order valence-corrected chi connectivity index (χ0v) is 13.0. The van der Waals surface area contributed by atoms with Crippen LogP contribution >= 0.6 is 0 Å². The lowest BCUT2D eigenvalue weighted by atomic mass is 9.92. The number of fused-ring (bicyclic) bond motifs is 1. The third-order valence-corrected chi connectivity index (χ3v) is 4.28. The summed E-state index contributed by atoms with van der Waals surface area (Å²) >= 11 is 0. The maximum absolute atomic E-state index is 6.13. The molecule has 1 aliphatic rings. The van der Waals surface area contributed by atoms with Crippen LogP contribution in [-0.4, -0.2) is 5.60 Å². The van der Waals surface area contributed by atoms with E-state index in [4.69, 9.17) is 4.74 Å². The van der Waals surface area contributed by atoms with Crippen molar-refractivity contribution in [1.29, 1.82) is 0 Å². The maximum Gasteiger partial charge on any atom is 0.125 e. The van der Waals surface area contributed by atoms with Crippen molar-refractivity contribution in [2.45, 2.75) is 44.9 Å². The topological polar surface area (TPSA) is 21.3 Å². The third-order valence-electron chi connectivity index (χ3n) is 4.28. The van der Waals surface area contributed by atoms with E-state index in [-0.39, 0.29) is 11.6 Å². The molecule has 0 saturated carbocycles. The summed E-state index contributed by atoms with van der Waals surface area (Å²) in [4.78, 5) is 0. The van der Waals surface area contributed by atoms with Gasteiger partial charge in [-0.3, -0.25) is 5.32 Å². The van der Waals surface area contributed by atoms with Crippen LogP contribution in [0.5, 0.6) is 5.75 Å². The van der Waals surface area contributed by atoms with E-state index in [1.54, 1.807) is 0 Å². The molecule has 2 unspecified atom stereocenters. The molecular formula is C19H23NO. The first-order chi connectivity index (χ1) is 10.1. The largest absolute Gasteiger partial charge is 0.486 e. The summed E-state index contributed by atoms with van der Waals surface area (Å²) in [7, 11) is 0. The Bertz CT molecular complexity index is 606. The Hall–Kier alpha value is -1.80. The van der Waals surface area contributed by atoms with Crippen molar-refractivity contribution in [2.75, 3.05) is 0 Å². The number of hydrogen-bond donors (Lipinski definition) is 1. The van der Waals surface area contributed by atoms with Crippen molar-refractivity contribution >= 4 is 0 Å². The molecule has 2 aromatic carbocycles. The number of benzene rings is 2. The molecule has 0 saturated heterocycles. The summed E-state index contributed by atoms with van der Waals surface area (Å²) in [5.74, 6) is 1.00. The summed E-state index contributed by atoms with van der Waals surface area (Å²) in [5.41, 5.74) is 2.36. The predicted octanol–water partition coefficient (Wildman–Crippen LogP) is 4.64. The highest BCUT2D eigenvalue weighted by atomic mass is 16.5. The van der Waals surface area contributed by atoms with Gasteiger partial charge in [0.1, 0.15) is 11.4 Å². The molecule has 2 atom stereocenters. The van der Waals surface area contributed by atoms with Crippen molar-refractivity contribution in [2.24, 2.45) is 0 Å². The van der Waals surface area contributed by atoms with Gasteiger partial charge in [-0.2, -0.15) is 0 Å². The Balaban J connectivity index is 1.89. The summed E-state index contributed by atoms with van der Waals surface area (Å²) in [6.07, 6.45) is 1.05. The van der Waals surface area contributed by atoms with E-state index < -0.39 is 0 Å². The second kappa shape index (κ2) is 5.53. The van der Waals surface area contributed by atoms with Crippen LogP contribution in [-0.2, 0) is 0 Å². The Labute approximate surface area is 127 Å². The Morgan fingerprint density at radius 2 is 1.71 bits per heavy atom. The molecule has 21 heavy (non-hydrogen) atoms. The van der Waals surface area contributed by atoms with E-state index in [2.05, 4.69) is 74.6 Å². The van der Waals surface area contributed by atoms with Crippen molar-refractivity contribution in [3.63, 3.8) is 0 Å². The van der Waals surface area contributed by atoms with Crippen LogP contribution in [0.25, 0.3) is 0 Å². The molecule has 0 aliphatic carbocycles. The van der Waals surface area contributed by atoms with Gasteiger partial charge < -0.3 is 4.74 Å². The van der Waals surface area contributed by atoms with Gasteiger partial charge in [-0.25, -0.2) is 0 Å². The quantitative estimate of drug-likeness (QED) is 0.881. The molecule has 3 rings (SSSR count). The molecule has 0 bridgehead atoms. The van der Waals surface area contributed by atoms with Gasteiger partial charge in [0.2, 0.25) is 0 Å². The Morgan fingerprint density at radius 3 is 2.43 bits per heavy atom. The van der Waals surface area contributed by atoms with Gasteiger partial charge in [-0.1, -0.05) is 55.5 Å². The molecule has 1 N–H and O–H groups in total. The van der Waals surface area contributed by atoms with Crippen LogP contribution in [0.15, 0.2) is 54.6 Å². The Kier molecular flexibility index (Phi) is 3.73. The maximum atomic E-state index is 6.13. The molecule has 2 aromatic rings. The zero-order chi connectivity index (χ0) is 14.9. The van der Waals surface area contributed by atoms with Gasteiger partial charge in [0, 0.05) is 11.6 Å². The summed E-state index contributed by atoms with van der Waals surface area (Å²) in [5, 5.41) is 3.80. The average Bonchev–Trinajstić information content (AvgIpc) is 2.75. The van der Waals surface area contributed by atoms with Crippen molar-refractivity contribution in [3.8, 4) is 5.75 Å². The average molecular weight is 281 g/mol. The standard InChI is InChI=1S/C19H23NO/c1-4-16(14-10-6-5-7-11-14)20-18-15-12-8-9-13-17(15)21-19(18,2)3/h5-13,16,18,20H,4H2,1-3H3. The smallest absolute Gasteiger partial charge is 0.125 e. The monoisotopic (exact) mass is 281 g/mol. The minimum atomic E-state index is -0.230. The molecule has 0 amide bonds. The van der Waals surface area contributed by atoms with E-state index in [0.717, 1.165) is 12.2 Å². The lowest BCUT2D eigenvalue weighted by Crippen LogP contribution is -2.40. The van der Waals surface area contributed by atoms with Crippen LogP contribution in [0, 0.1) is 0 Å². The van der Waals surface area contributed by atoms with E-state index in [1.165, 1.54) is 11.1 Å². The summed E-state index contributed by atoms with van der Waals surface area (Å²) in [6.45, 7) is 6.53. The highest BCUT2D eigenvalue weighted by molar-refractivity contribution is 5.42. The molecule has 0 aromatic heterocycles. The lowest BCUT2D eigenvalue weighted by molar-refractivity contribution is 0.0905. The van der Waals surface area contributed by atoms with Gasteiger partial charge in [0.05, 0.1) is 6.04 Å². The molecule has 2 nitrogen and oxygen atoms in total. The normalized spacial score (nSPS) is 20.6. The highest BCUT2D eigenvalue weighted by Crippen LogP contribution is 2.44. The second-order valence-electron chi connectivity index (χ2n) is 6.21. The minimum absolute atomic E-state index is 0.207. The van der Waals surface area contributed by atoms with Gasteiger partial charge in [0.25, 0.3) is 0 Å². The predicted molar refractivity (Wildman–Crippen MR) is 86.5 cm³/mol. The summed E-state index contributed by atoms with van der Waals surface area (Å²) in [6, 6.07) is 19.5. The molecule has 0 fully saturated rings. The highest BCUT2D eigenvalue weighted by Gasteiger charge is 2.41. The van der Waals surface area contributed by atoms with Gasteiger partial charge in [-0.15, -0.1) is 0 Å². The number of ether oxygens (including phenoxy) is 1. The number of hydrogen-bond acceptors (Lipinski definition) is 2. The minimum Gasteiger partial charge on any atom is -0.486 e. The SMILES string of the molecule is CCC(NC1c2ccccc2OC1(C)C)c1ccccc1. The van der Waals surface area contributed by atoms with Crippen molar-refractivity contribution in [1.82, 2.24) is 5.32 Å². The van der Waals surface area contributed by atoms with Crippen LogP contribution in [0.1, 0.15) is 50.4 Å². The van der Waals surface area contributed by atoms with Gasteiger partial charge in [0.15, 0.2) is 0 Å². The second-order valence-corrected chi connectivity index (χ2v) is 6.21. The fourth-order valence-corrected chi connectivity index (χ4v) is 3.16. The van der Waals surface area contributed by atoms with E-state index >= 15 is 0 Å². The number of rotatable bonds is 4. The first-order valence-electron chi connectivity index (χ1n) is 7.71. The number of para-hydroxylation sites is 1. The van der Waals surface area contributed by atoms with Gasteiger partial charge in [-0.05, 0) is 31.9 Å². The van der Waals surface area contributed by atoms with E-state index in [1.807, 2.05) is 6.07 Å². The van der Waals surface area contributed by atoms with Crippen molar-refractivity contribution < 1.29 is 4.74 Å². The molecule has 1 aliphatic heterocycles. The fourth-order valence-electron chi connectivity index (χ4n) is 3.16. The molecule has 0 radical (unpaired) electrons. The summed E-state index contributed by atoms with van der Waals surface area (Å²) < 4.78 is 6.13. The molecule has 110 valence electrons. The first kappa shape index (κ1) is 14.2. The zero-order valence-electron chi connectivity index (χ0n) is 13.0. The molecule has 0 spiro atoms. The Morgan fingerprint density at radius 1 is 1.05 bits per heavy atom. The molecule has 2 heteroatoms. The van der Waals surface area contributed by atoms with E-state index in [9.17, 15) is 0 Å². The van der Waals surface area contributed by atoms with Crippen LogP contribution in [0.2, 0.25) is 0 Å². The molecule has 1 heterocycles. The van der Waals surface area contributed by atoms with Crippen LogP contribution in [0.3, 0.4) is 0 Å². The molecular weight excluding hydrogens is 258 g/mol. The van der Waals surface area contributed by atoms with E-state index in [0.29, 0.717) is 6.04 Å².